The van der Waals surface area contributed by atoms with Crippen LogP contribution < -0.4 is 0 Å². The molecule has 3 atom stereocenters. The van der Waals surface area contributed by atoms with E-state index in [4.69, 9.17) is 4.74 Å². The summed E-state index contributed by atoms with van der Waals surface area (Å²) in [6.07, 6.45) is 7.07. The van der Waals surface area contributed by atoms with Gasteiger partial charge in [-0.25, -0.2) is 4.99 Å². The van der Waals surface area contributed by atoms with E-state index < -0.39 is 0 Å². The Morgan fingerprint density at radius 2 is 2.31 bits per heavy atom. The maximum absolute atomic E-state index is 5.76. The molecule has 0 aromatic heterocycles. The highest BCUT2D eigenvalue weighted by atomic mass is 16.5. The second-order valence-electron chi connectivity index (χ2n) is 4.43. The molecular formula is C11H16N4O. The first-order chi connectivity index (χ1) is 7.86. The van der Waals surface area contributed by atoms with E-state index in [1.165, 1.54) is 6.42 Å². The van der Waals surface area contributed by atoms with Gasteiger partial charge < -0.3 is 4.74 Å². The van der Waals surface area contributed by atoms with Gasteiger partial charge in [-0.15, -0.1) is 0 Å². The summed E-state index contributed by atoms with van der Waals surface area (Å²) in [6, 6.07) is 0.285. The quantitative estimate of drug-likeness (QED) is 0.663. The van der Waals surface area contributed by atoms with Crippen molar-refractivity contribution >= 4 is 18.5 Å². The van der Waals surface area contributed by atoms with Crippen molar-refractivity contribution in [1.82, 2.24) is 4.90 Å². The van der Waals surface area contributed by atoms with Crippen molar-refractivity contribution in [3.05, 3.63) is 0 Å². The monoisotopic (exact) mass is 220 g/mol. The largest absolute Gasteiger partial charge is 0.358 e. The molecule has 3 heterocycles. The van der Waals surface area contributed by atoms with E-state index in [9.17, 15) is 0 Å². The van der Waals surface area contributed by atoms with Crippen LogP contribution in [0.4, 0.5) is 0 Å². The van der Waals surface area contributed by atoms with Crippen molar-refractivity contribution in [1.29, 1.82) is 0 Å². The molecule has 0 aliphatic carbocycles. The fourth-order valence-electron chi connectivity index (χ4n) is 2.35. The van der Waals surface area contributed by atoms with Crippen LogP contribution in [0.15, 0.2) is 15.0 Å². The SMILES string of the molecule is CC1N=CN=C2C1N=CN2C1CCCCO1. The van der Waals surface area contributed by atoms with Gasteiger partial charge in [0.2, 0.25) is 0 Å². The van der Waals surface area contributed by atoms with Gasteiger partial charge in [0.25, 0.3) is 0 Å². The number of hydrogen-bond donors (Lipinski definition) is 0. The normalized spacial score (nSPS) is 37.4. The number of ether oxygens (including phenoxy) is 1. The molecule has 3 rings (SSSR count). The Hall–Kier alpha value is -1.23. The lowest BCUT2D eigenvalue weighted by atomic mass is 10.1. The number of rotatable bonds is 1. The summed E-state index contributed by atoms with van der Waals surface area (Å²) in [5, 5.41) is 0. The fourth-order valence-corrected chi connectivity index (χ4v) is 2.35. The average molecular weight is 220 g/mol. The van der Waals surface area contributed by atoms with Crippen LogP contribution in [0.3, 0.4) is 0 Å². The summed E-state index contributed by atoms with van der Waals surface area (Å²) in [6.45, 7) is 2.91. The third-order valence-corrected chi connectivity index (χ3v) is 3.30. The van der Waals surface area contributed by atoms with Crippen LogP contribution in [0.5, 0.6) is 0 Å². The van der Waals surface area contributed by atoms with Gasteiger partial charge in [0, 0.05) is 6.61 Å². The van der Waals surface area contributed by atoms with Gasteiger partial charge in [0.15, 0.2) is 0 Å². The van der Waals surface area contributed by atoms with E-state index in [2.05, 4.69) is 26.8 Å². The second kappa shape index (κ2) is 3.97. The molecule has 0 saturated carbocycles. The molecule has 3 unspecified atom stereocenters. The number of nitrogens with zero attached hydrogens (tertiary/aromatic N) is 4. The van der Waals surface area contributed by atoms with Crippen LogP contribution >= 0.6 is 0 Å². The first-order valence-corrected chi connectivity index (χ1v) is 5.89. The fraction of sp³-hybridized carbons (Fsp3) is 0.727. The van der Waals surface area contributed by atoms with E-state index in [-0.39, 0.29) is 18.3 Å². The summed E-state index contributed by atoms with van der Waals surface area (Å²) in [5.41, 5.74) is 0. The topological polar surface area (TPSA) is 49.5 Å². The zero-order valence-corrected chi connectivity index (χ0v) is 9.41. The van der Waals surface area contributed by atoms with E-state index in [0.29, 0.717) is 0 Å². The minimum Gasteiger partial charge on any atom is -0.358 e. The molecule has 3 aliphatic heterocycles. The molecule has 0 amide bonds. The zero-order chi connectivity index (χ0) is 11.0. The van der Waals surface area contributed by atoms with Crippen molar-refractivity contribution in [2.75, 3.05) is 6.61 Å². The lowest BCUT2D eigenvalue weighted by Crippen LogP contribution is -2.45. The maximum atomic E-state index is 5.76. The lowest BCUT2D eigenvalue weighted by Gasteiger charge is -2.32. The van der Waals surface area contributed by atoms with Crippen LogP contribution in [0.2, 0.25) is 0 Å². The molecule has 0 spiro atoms. The molecule has 0 aromatic rings. The second-order valence-corrected chi connectivity index (χ2v) is 4.43. The molecular weight excluding hydrogens is 204 g/mol. The Balaban J connectivity index is 1.79. The molecule has 0 bridgehead atoms. The van der Waals surface area contributed by atoms with Gasteiger partial charge in [-0.1, -0.05) is 0 Å². The third-order valence-electron chi connectivity index (χ3n) is 3.30. The molecule has 86 valence electrons. The maximum Gasteiger partial charge on any atom is 0.140 e. The van der Waals surface area contributed by atoms with Crippen molar-refractivity contribution in [2.45, 2.75) is 44.5 Å². The Kier molecular flexibility index (Phi) is 2.47. The molecule has 1 saturated heterocycles. The number of fused-ring (bicyclic) bond motifs is 1. The summed E-state index contributed by atoms with van der Waals surface area (Å²) < 4.78 is 5.76. The van der Waals surface area contributed by atoms with Gasteiger partial charge >= 0.3 is 0 Å². The number of amidine groups is 1. The minimum atomic E-state index is 0.0931. The Morgan fingerprint density at radius 3 is 3.12 bits per heavy atom. The van der Waals surface area contributed by atoms with Gasteiger partial charge in [-0.3, -0.25) is 14.9 Å². The highest BCUT2D eigenvalue weighted by molar-refractivity contribution is 6.05. The molecule has 5 nitrogen and oxygen atoms in total. The van der Waals surface area contributed by atoms with Crippen LogP contribution in [-0.4, -0.2) is 48.3 Å². The van der Waals surface area contributed by atoms with Gasteiger partial charge in [0.05, 0.1) is 12.4 Å². The molecule has 1 fully saturated rings. The molecule has 0 radical (unpaired) electrons. The average Bonchev–Trinajstić information content (AvgIpc) is 2.75. The molecule has 16 heavy (non-hydrogen) atoms. The van der Waals surface area contributed by atoms with E-state index in [1.54, 1.807) is 6.34 Å². The molecule has 5 heteroatoms. The Bertz CT molecular complexity index is 357. The Labute approximate surface area is 94.9 Å². The van der Waals surface area contributed by atoms with Crippen LogP contribution in [0, 0.1) is 0 Å². The highest BCUT2D eigenvalue weighted by Crippen LogP contribution is 2.23. The predicted molar refractivity (Wildman–Crippen MR) is 63.1 cm³/mol. The van der Waals surface area contributed by atoms with E-state index in [1.807, 2.05) is 6.34 Å². The zero-order valence-electron chi connectivity index (χ0n) is 9.41. The van der Waals surface area contributed by atoms with Crippen molar-refractivity contribution in [2.24, 2.45) is 15.0 Å². The van der Waals surface area contributed by atoms with Crippen molar-refractivity contribution < 1.29 is 4.74 Å². The number of hydrogen-bond acceptors (Lipinski definition) is 5. The lowest BCUT2D eigenvalue weighted by molar-refractivity contribution is -0.0306. The number of aliphatic imine (C=N–C) groups is 3. The summed E-state index contributed by atoms with van der Waals surface area (Å²) in [7, 11) is 0. The van der Waals surface area contributed by atoms with Gasteiger partial charge in [-0.2, -0.15) is 0 Å². The van der Waals surface area contributed by atoms with Crippen LogP contribution in [0.25, 0.3) is 0 Å². The third kappa shape index (κ3) is 1.55. The standard InChI is InChI=1S/C11H16N4O/c1-8-10-11(13-6-12-8)15(7-14-10)9-4-2-3-5-16-9/h6-10H,2-5H2,1H3. The summed E-state index contributed by atoms with van der Waals surface area (Å²) >= 11 is 0. The summed E-state index contributed by atoms with van der Waals surface area (Å²) in [4.78, 5) is 15.1. The molecule has 3 aliphatic rings. The van der Waals surface area contributed by atoms with Crippen molar-refractivity contribution in [3.63, 3.8) is 0 Å². The van der Waals surface area contributed by atoms with Crippen LogP contribution in [-0.2, 0) is 4.74 Å². The van der Waals surface area contributed by atoms with E-state index >= 15 is 0 Å². The smallest absolute Gasteiger partial charge is 0.140 e. The Morgan fingerprint density at radius 1 is 1.38 bits per heavy atom. The molecule has 0 aromatic carbocycles. The first-order valence-electron chi connectivity index (χ1n) is 5.89. The van der Waals surface area contributed by atoms with Crippen LogP contribution in [0.1, 0.15) is 26.2 Å². The summed E-state index contributed by atoms with van der Waals surface area (Å²) in [5.74, 6) is 0.995. The minimum absolute atomic E-state index is 0.0931. The predicted octanol–water partition coefficient (Wildman–Crippen LogP) is 1.05. The highest BCUT2D eigenvalue weighted by Gasteiger charge is 2.36. The first kappa shape index (κ1) is 9.96. The van der Waals surface area contributed by atoms with Gasteiger partial charge in [0.1, 0.15) is 24.4 Å². The molecule has 0 N–H and O–H groups in total. The van der Waals surface area contributed by atoms with Gasteiger partial charge in [-0.05, 0) is 26.2 Å². The van der Waals surface area contributed by atoms with Crippen molar-refractivity contribution in [3.8, 4) is 0 Å². The van der Waals surface area contributed by atoms with E-state index in [0.717, 1.165) is 25.3 Å².